The molecule has 1 fully saturated rings. The summed E-state index contributed by atoms with van der Waals surface area (Å²) in [7, 11) is 1.69. The predicted molar refractivity (Wildman–Crippen MR) is 93.8 cm³/mol. The molecule has 3 rings (SSSR count). The average Bonchev–Trinajstić information content (AvgIpc) is 3.16. The molecule has 1 aromatic heterocycles. The van der Waals surface area contributed by atoms with Crippen molar-refractivity contribution in [1.29, 1.82) is 0 Å². The van der Waals surface area contributed by atoms with Gasteiger partial charge < -0.3 is 9.84 Å². The zero-order valence-corrected chi connectivity index (χ0v) is 14.8. The summed E-state index contributed by atoms with van der Waals surface area (Å²) in [6.45, 7) is 5.62. The highest BCUT2D eigenvalue weighted by atomic mass is 32.1. The Morgan fingerprint density at radius 1 is 1.39 bits per heavy atom. The van der Waals surface area contributed by atoms with E-state index in [4.69, 9.17) is 9.72 Å². The fraction of sp³-hybridized carbons (Fsp3) is 0.500. The van der Waals surface area contributed by atoms with Crippen LogP contribution in [0.3, 0.4) is 0 Å². The number of ether oxygens (including phenoxy) is 1. The van der Waals surface area contributed by atoms with Crippen LogP contribution < -0.4 is 4.74 Å². The molecule has 1 aliphatic heterocycles. The zero-order valence-electron chi connectivity index (χ0n) is 14.0. The lowest BCUT2D eigenvalue weighted by atomic mass is 9.96. The first-order chi connectivity index (χ1) is 11.0. The van der Waals surface area contributed by atoms with Crippen LogP contribution in [0, 0.1) is 0 Å². The zero-order chi connectivity index (χ0) is 16.4. The van der Waals surface area contributed by atoms with E-state index in [0.717, 1.165) is 47.9 Å². The molecule has 2 heterocycles. The number of methoxy groups -OCH3 is 1. The average molecular weight is 332 g/mol. The van der Waals surface area contributed by atoms with Gasteiger partial charge in [-0.15, -0.1) is 11.3 Å². The summed E-state index contributed by atoms with van der Waals surface area (Å²) in [6.07, 6.45) is 2.19. The van der Waals surface area contributed by atoms with E-state index in [2.05, 4.69) is 10.3 Å². The molecule has 0 unspecified atom stereocenters. The van der Waals surface area contributed by atoms with Crippen molar-refractivity contribution >= 4 is 11.3 Å². The molecule has 0 amide bonds. The summed E-state index contributed by atoms with van der Waals surface area (Å²) in [5.41, 5.74) is 1.43. The van der Waals surface area contributed by atoms with Crippen LogP contribution >= 0.6 is 11.3 Å². The molecule has 1 aliphatic rings. The molecule has 5 heteroatoms. The molecule has 124 valence electrons. The van der Waals surface area contributed by atoms with Crippen molar-refractivity contribution in [2.75, 3.05) is 13.7 Å². The van der Waals surface area contributed by atoms with Gasteiger partial charge >= 0.3 is 0 Å². The minimum atomic E-state index is -0.669. The number of hydrogen-bond acceptors (Lipinski definition) is 5. The normalized spacial score (nSPS) is 19.2. The maximum Gasteiger partial charge on any atom is 0.129 e. The van der Waals surface area contributed by atoms with Gasteiger partial charge in [0.15, 0.2) is 0 Å². The third-order valence-corrected chi connectivity index (χ3v) is 5.36. The highest BCUT2D eigenvalue weighted by Crippen LogP contribution is 2.33. The number of aromatic nitrogens is 1. The first-order valence-corrected chi connectivity index (χ1v) is 8.91. The molecular weight excluding hydrogens is 308 g/mol. The van der Waals surface area contributed by atoms with Crippen molar-refractivity contribution in [3.63, 3.8) is 0 Å². The second-order valence-electron chi connectivity index (χ2n) is 6.63. The van der Waals surface area contributed by atoms with E-state index in [9.17, 15) is 5.11 Å². The number of rotatable bonds is 5. The van der Waals surface area contributed by atoms with E-state index in [0.29, 0.717) is 0 Å². The van der Waals surface area contributed by atoms with Crippen molar-refractivity contribution in [3.8, 4) is 16.3 Å². The predicted octanol–water partition coefficient (Wildman–Crippen LogP) is 3.55. The molecule has 1 N–H and O–H groups in total. The summed E-state index contributed by atoms with van der Waals surface area (Å²) in [4.78, 5) is 7.13. The molecule has 0 aliphatic carbocycles. The summed E-state index contributed by atoms with van der Waals surface area (Å²) in [6, 6.07) is 8.18. The van der Waals surface area contributed by atoms with Crippen molar-refractivity contribution in [2.45, 2.75) is 44.9 Å². The lowest BCUT2D eigenvalue weighted by molar-refractivity contribution is -0.00530. The van der Waals surface area contributed by atoms with Gasteiger partial charge in [0.05, 0.1) is 24.0 Å². The van der Waals surface area contributed by atoms with Crippen molar-refractivity contribution in [3.05, 3.63) is 35.3 Å². The third-order valence-electron chi connectivity index (χ3n) is 4.43. The van der Waals surface area contributed by atoms with E-state index in [-0.39, 0.29) is 6.04 Å². The standard InChI is InChI=1S/C18H24N2O2S/c1-18(2,21)16-9-6-10-20(16)11-13-12-23-17(19-13)14-7-4-5-8-15(14)22-3/h4-5,7-8,12,16,21H,6,9-11H2,1-3H3/t16-/m1/s1. The molecule has 0 spiro atoms. The van der Waals surface area contributed by atoms with Gasteiger partial charge in [-0.05, 0) is 45.4 Å². The van der Waals surface area contributed by atoms with Crippen LogP contribution in [0.4, 0.5) is 0 Å². The first kappa shape index (κ1) is 16.4. The number of aliphatic hydroxyl groups is 1. The SMILES string of the molecule is COc1ccccc1-c1nc(CN2CCC[C@@H]2C(C)(C)O)cs1. The number of thiazole rings is 1. The molecule has 0 radical (unpaired) electrons. The summed E-state index contributed by atoms with van der Waals surface area (Å²) in [5.74, 6) is 0.851. The van der Waals surface area contributed by atoms with Gasteiger partial charge in [-0.3, -0.25) is 4.90 Å². The smallest absolute Gasteiger partial charge is 0.129 e. The van der Waals surface area contributed by atoms with Gasteiger partial charge in [0.1, 0.15) is 10.8 Å². The van der Waals surface area contributed by atoms with Gasteiger partial charge in [0.25, 0.3) is 0 Å². The Bertz CT molecular complexity index is 663. The molecule has 23 heavy (non-hydrogen) atoms. The van der Waals surface area contributed by atoms with Crippen molar-refractivity contribution in [1.82, 2.24) is 9.88 Å². The van der Waals surface area contributed by atoms with Gasteiger partial charge in [-0.25, -0.2) is 4.98 Å². The molecule has 0 bridgehead atoms. The number of likely N-dealkylation sites (tertiary alicyclic amines) is 1. The first-order valence-electron chi connectivity index (χ1n) is 8.03. The molecule has 1 atom stereocenters. The van der Waals surface area contributed by atoms with E-state index in [1.54, 1.807) is 18.4 Å². The Kier molecular flexibility index (Phi) is 4.71. The van der Waals surface area contributed by atoms with Gasteiger partial charge in [0, 0.05) is 18.0 Å². The number of para-hydroxylation sites is 1. The maximum atomic E-state index is 10.3. The van der Waals surface area contributed by atoms with Crippen molar-refractivity contribution in [2.24, 2.45) is 0 Å². The molecule has 4 nitrogen and oxygen atoms in total. The van der Waals surface area contributed by atoms with E-state index in [1.165, 1.54) is 0 Å². The van der Waals surface area contributed by atoms with Crippen LogP contribution in [0.1, 0.15) is 32.4 Å². The third kappa shape index (κ3) is 3.57. The summed E-state index contributed by atoms with van der Waals surface area (Å²) >= 11 is 1.64. The number of hydrogen-bond donors (Lipinski definition) is 1. The molecule has 1 saturated heterocycles. The van der Waals surface area contributed by atoms with E-state index < -0.39 is 5.60 Å². The van der Waals surface area contributed by atoms with Gasteiger partial charge in [-0.1, -0.05) is 12.1 Å². The number of benzene rings is 1. The van der Waals surface area contributed by atoms with Crippen LogP contribution in [0.25, 0.3) is 10.6 Å². The quantitative estimate of drug-likeness (QED) is 0.909. The van der Waals surface area contributed by atoms with Crippen LogP contribution in [-0.4, -0.2) is 40.3 Å². The Balaban J connectivity index is 1.77. The highest BCUT2D eigenvalue weighted by Gasteiger charge is 2.35. The highest BCUT2D eigenvalue weighted by molar-refractivity contribution is 7.13. The van der Waals surface area contributed by atoms with E-state index >= 15 is 0 Å². The number of nitrogens with zero attached hydrogens (tertiary/aromatic N) is 2. The minimum absolute atomic E-state index is 0.207. The minimum Gasteiger partial charge on any atom is -0.496 e. The van der Waals surface area contributed by atoms with E-state index in [1.807, 2.05) is 38.1 Å². The monoisotopic (exact) mass is 332 g/mol. The Morgan fingerprint density at radius 2 is 2.17 bits per heavy atom. The molecule has 1 aromatic carbocycles. The van der Waals surface area contributed by atoms with Crippen LogP contribution in [-0.2, 0) is 6.54 Å². The van der Waals surface area contributed by atoms with Crippen LogP contribution in [0.2, 0.25) is 0 Å². The Hall–Kier alpha value is -1.43. The largest absolute Gasteiger partial charge is 0.496 e. The summed E-state index contributed by atoms with van der Waals surface area (Å²) in [5, 5.41) is 13.4. The summed E-state index contributed by atoms with van der Waals surface area (Å²) < 4.78 is 5.43. The topological polar surface area (TPSA) is 45.6 Å². The van der Waals surface area contributed by atoms with Gasteiger partial charge in [0.2, 0.25) is 0 Å². The fourth-order valence-corrected chi connectivity index (χ4v) is 4.19. The lowest BCUT2D eigenvalue weighted by Gasteiger charge is -2.33. The second kappa shape index (κ2) is 6.59. The van der Waals surface area contributed by atoms with Crippen LogP contribution in [0.5, 0.6) is 5.75 Å². The second-order valence-corrected chi connectivity index (χ2v) is 7.48. The molecular formula is C18H24N2O2S. The lowest BCUT2D eigenvalue weighted by Crippen LogP contribution is -2.45. The molecule has 2 aromatic rings. The fourth-order valence-electron chi connectivity index (χ4n) is 3.35. The Morgan fingerprint density at radius 3 is 2.91 bits per heavy atom. The van der Waals surface area contributed by atoms with Crippen LogP contribution in [0.15, 0.2) is 29.6 Å². The van der Waals surface area contributed by atoms with Crippen molar-refractivity contribution < 1.29 is 9.84 Å². The van der Waals surface area contributed by atoms with Gasteiger partial charge in [-0.2, -0.15) is 0 Å². The maximum absolute atomic E-state index is 10.3. The molecule has 0 saturated carbocycles. The Labute approximate surface area is 141 Å².